The smallest absolute Gasteiger partial charge is 0.315 e. The van der Waals surface area contributed by atoms with Crippen molar-refractivity contribution < 1.29 is 9.53 Å². The average Bonchev–Trinajstić information content (AvgIpc) is 2.96. The van der Waals surface area contributed by atoms with Crippen molar-refractivity contribution in [2.24, 2.45) is 13.0 Å². The van der Waals surface area contributed by atoms with Gasteiger partial charge >= 0.3 is 6.03 Å². The summed E-state index contributed by atoms with van der Waals surface area (Å²) in [5, 5.41) is 5.87. The maximum atomic E-state index is 12.2. The minimum Gasteiger partial charge on any atom is -0.497 e. The average molecular weight is 316 g/mol. The van der Waals surface area contributed by atoms with Gasteiger partial charge in [0.2, 0.25) is 0 Å². The summed E-state index contributed by atoms with van der Waals surface area (Å²) in [7, 11) is 3.53. The molecule has 0 saturated heterocycles. The summed E-state index contributed by atoms with van der Waals surface area (Å²) in [6, 6.07) is 7.06. The van der Waals surface area contributed by atoms with Crippen LogP contribution in [0, 0.1) is 5.92 Å². The van der Waals surface area contributed by atoms with Gasteiger partial charge in [-0.2, -0.15) is 0 Å². The number of nitrogens with one attached hydrogen (secondary N) is 2. The van der Waals surface area contributed by atoms with E-state index in [2.05, 4.69) is 29.5 Å². The second-order valence-corrected chi connectivity index (χ2v) is 5.85. The second kappa shape index (κ2) is 7.67. The molecule has 1 aromatic heterocycles. The quantitative estimate of drug-likeness (QED) is 0.860. The number of methoxy groups -OCH3 is 1. The number of carbonyl (C=O) groups excluding carboxylic acids is 1. The molecular weight excluding hydrogens is 292 g/mol. The Hall–Kier alpha value is -2.50. The molecule has 1 atom stereocenters. The van der Waals surface area contributed by atoms with Crippen LogP contribution in [0.25, 0.3) is 0 Å². The molecule has 0 bridgehead atoms. The Labute approximate surface area is 136 Å². The van der Waals surface area contributed by atoms with Gasteiger partial charge in [0.25, 0.3) is 0 Å². The number of rotatable bonds is 6. The van der Waals surface area contributed by atoms with Crippen molar-refractivity contribution in [1.29, 1.82) is 0 Å². The Balaban J connectivity index is 2.25. The highest BCUT2D eigenvalue weighted by atomic mass is 16.5. The fourth-order valence-corrected chi connectivity index (χ4v) is 2.25. The van der Waals surface area contributed by atoms with Gasteiger partial charge in [-0.15, -0.1) is 0 Å². The number of nitrogens with zero attached hydrogens (tertiary/aromatic N) is 2. The van der Waals surface area contributed by atoms with Crippen LogP contribution in [-0.2, 0) is 7.05 Å². The summed E-state index contributed by atoms with van der Waals surface area (Å²) >= 11 is 0. The summed E-state index contributed by atoms with van der Waals surface area (Å²) in [6.45, 7) is 4.73. The lowest BCUT2D eigenvalue weighted by Crippen LogP contribution is -2.40. The zero-order valence-corrected chi connectivity index (χ0v) is 14.0. The van der Waals surface area contributed by atoms with Crippen LogP contribution in [0.5, 0.6) is 5.75 Å². The number of urea groups is 1. The minimum atomic E-state index is -0.350. The number of benzene rings is 1. The molecule has 6 nitrogen and oxygen atoms in total. The molecule has 2 rings (SSSR count). The van der Waals surface area contributed by atoms with E-state index < -0.39 is 0 Å². The Morgan fingerprint density at radius 3 is 2.78 bits per heavy atom. The summed E-state index contributed by atoms with van der Waals surface area (Å²) in [5.41, 5.74) is 0.915. The Morgan fingerprint density at radius 2 is 2.17 bits per heavy atom. The van der Waals surface area contributed by atoms with E-state index in [4.69, 9.17) is 4.74 Å². The van der Waals surface area contributed by atoms with Crippen LogP contribution in [-0.4, -0.2) is 29.2 Å². The van der Waals surface area contributed by atoms with Gasteiger partial charge in [0.1, 0.15) is 17.6 Å². The zero-order valence-electron chi connectivity index (χ0n) is 14.0. The number of aryl methyl sites for hydroxylation is 1. The molecule has 2 N–H and O–H groups in total. The van der Waals surface area contributed by atoms with Crippen molar-refractivity contribution in [3.05, 3.63) is 48.0 Å². The van der Waals surface area contributed by atoms with E-state index in [9.17, 15) is 4.79 Å². The molecule has 1 heterocycles. The molecular formula is C17H24N4O2. The predicted octanol–water partition coefficient (Wildman–Crippen LogP) is 2.47. The molecule has 0 radical (unpaired) electrons. The van der Waals surface area contributed by atoms with Crippen molar-refractivity contribution >= 4 is 6.03 Å². The lowest BCUT2D eigenvalue weighted by molar-refractivity contribution is 0.237. The molecule has 23 heavy (non-hydrogen) atoms. The largest absolute Gasteiger partial charge is 0.497 e. The molecule has 0 spiro atoms. The van der Waals surface area contributed by atoms with Crippen LogP contribution in [0.3, 0.4) is 0 Å². The molecule has 0 aliphatic carbocycles. The van der Waals surface area contributed by atoms with Crippen LogP contribution in [0.15, 0.2) is 36.7 Å². The van der Waals surface area contributed by atoms with Crippen molar-refractivity contribution in [3.63, 3.8) is 0 Å². The van der Waals surface area contributed by atoms with Crippen LogP contribution in [0.1, 0.15) is 31.3 Å². The monoisotopic (exact) mass is 316 g/mol. The number of hydrogen-bond donors (Lipinski definition) is 2. The van der Waals surface area contributed by atoms with E-state index in [0.29, 0.717) is 12.5 Å². The number of ether oxygens (including phenoxy) is 1. The maximum Gasteiger partial charge on any atom is 0.315 e. The molecule has 2 amide bonds. The zero-order chi connectivity index (χ0) is 16.8. The first kappa shape index (κ1) is 16.9. The highest BCUT2D eigenvalue weighted by Gasteiger charge is 2.21. The normalized spacial score (nSPS) is 12.0. The third kappa shape index (κ3) is 4.48. The second-order valence-electron chi connectivity index (χ2n) is 5.85. The van der Waals surface area contributed by atoms with Crippen molar-refractivity contribution in [3.8, 4) is 5.75 Å². The highest BCUT2D eigenvalue weighted by molar-refractivity contribution is 5.74. The van der Waals surface area contributed by atoms with E-state index in [1.165, 1.54) is 0 Å². The molecule has 124 valence electrons. The summed E-state index contributed by atoms with van der Waals surface area (Å²) in [5.74, 6) is 1.90. The Bertz CT molecular complexity index is 652. The molecule has 2 aromatic rings. The third-order valence-electron chi connectivity index (χ3n) is 3.49. The topological polar surface area (TPSA) is 68.2 Å². The number of aromatic nitrogens is 2. The van der Waals surface area contributed by atoms with Crippen LogP contribution in [0.4, 0.5) is 4.79 Å². The SMILES string of the molecule is COc1cccc(C(NC(=O)NCC(C)C)c2nccn2C)c1. The number of carbonyl (C=O) groups is 1. The minimum absolute atomic E-state index is 0.213. The van der Waals surface area contributed by atoms with E-state index in [1.54, 1.807) is 13.3 Å². The van der Waals surface area contributed by atoms with E-state index in [1.807, 2.05) is 42.1 Å². The van der Waals surface area contributed by atoms with Crippen LogP contribution < -0.4 is 15.4 Å². The standard InChI is InChI=1S/C17H24N4O2/c1-12(2)11-19-17(22)20-15(16-18-8-9-21(16)3)13-6-5-7-14(10-13)23-4/h5-10,12,15H,11H2,1-4H3,(H2,19,20,22). The maximum absolute atomic E-state index is 12.2. The van der Waals surface area contributed by atoms with Gasteiger partial charge in [0, 0.05) is 26.0 Å². The predicted molar refractivity (Wildman–Crippen MR) is 89.4 cm³/mol. The van der Waals surface area contributed by atoms with Crippen molar-refractivity contribution in [2.75, 3.05) is 13.7 Å². The van der Waals surface area contributed by atoms with E-state index >= 15 is 0 Å². The summed E-state index contributed by atoms with van der Waals surface area (Å²) < 4.78 is 7.18. The summed E-state index contributed by atoms with van der Waals surface area (Å²) in [4.78, 5) is 16.6. The number of imidazole rings is 1. The number of amides is 2. The molecule has 0 aliphatic heterocycles. The van der Waals surface area contributed by atoms with Gasteiger partial charge in [-0.25, -0.2) is 9.78 Å². The van der Waals surface area contributed by atoms with E-state index in [-0.39, 0.29) is 12.1 Å². The van der Waals surface area contributed by atoms with Crippen LogP contribution >= 0.6 is 0 Å². The third-order valence-corrected chi connectivity index (χ3v) is 3.49. The van der Waals surface area contributed by atoms with Crippen molar-refractivity contribution in [1.82, 2.24) is 20.2 Å². The van der Waals surface area contributed by atoms with Gasteiger partial charge in [0.15, 0.2) is 0 Å². The molecule has 1 unspecified atom stereocenters. The van der Waals surface area contributed by atoms with Crippen LogP contribution in [0.2, 0.25) is 0 Å². The Kier molecular flexibility index (Phi) is 5.62. The molecule has 1 aromatic carbocycles. The van der Waals surface area contributed by atoms with Gasteiger partial charge in [-0.3, -0.25) is 0 Å². The first-order valence-electron chi connectivity index (χ1n) is 7.66. The lowest BCUT2D eigenvalue weighted by atomic mass is 10.1. The fourth-order valence-electron chi connectivity index (χ4n) is 2.25. The van der Waals surface area contributed by atoms with E-state index in [0.717, 1.165) is 17.1 Å². The summed E-state index contributed by atoms with van der Waals surface area (Å²) in [6.07, 6.45) is 3.58. The van der Waals surface area contributed by atoms with Gasteiger partial charge in [-0.1, -0.05) is 26.0 Å². The van der Waals surface area contributed by atoms with Gasteiger partial charge in [0.05, 0.1) is 7.11 Å². The first-order valence-corrected chi connectivity index (χ1v) is 7.66. The first-order chi connectivity index (χ1) is 11.0. The Morgan fingerprint density at radius 1 is 1.39 bits per heavy atom. The number of hydrogen-bond acceptors (Lipinski definition) is 3. The highest BCUT2D eigenvalue weighted by Crippen LogP contribution is 2.24. The lowest BCUT2D eigenvalue weighted by Gasteiger charge is -2.20. The molecule has 0 saturated carbocycles. The fraction of sp³-hybridized carbons (Fsp3) is 0.412. The van der Waals surface area contributed by atoms with Gasteiger partial charge in [-0.05, 0) is 23.6 Å². The molecule has 0 fully saturated rings. The van der Waals surface area contributed by atoms with Gasteiger partial charge < -0.3 is 19.9 Å². The molecule has 6 heteroatoms. The van der Waals surface area contributed by atoms with Crippen molar-refractivity contribution in [2.45, 2.75) is 19.9 Å². The molecule has 0 aliphatic rings.